The number of nitrogen functional groups attached to an aromatic ring is 1. The molecule has 1 aliphatic carbocycles. The molecule has 2 unspecified atom stereocenters. The van der Waals surface area contributed by atoms with E-state index < -0.39 is 0 Å². The molecule has 1 aliphatic rings. The van der Waals surface area contributed by atoms with E-state index in [0.29, 0.717) is 12.6 Å². The van der Waals surface area contributed by atoms with Gasteiger partial charge in [-0.3, -0.25) is 0 Å². The molecule has 15 heavy (non-hydrogen) atoms. The molecule has 0 bridgehead atoms. The zero-order valence-corrected chi connectivity index (χ0v) is 9.29. The maximum atomic E-state index is 5.80. The average Bonchev–Trinajstić information content (AvgIpc) is 2.81. The van der Waals surface area contributed by atoms with Gasteiger partial charge >= 0.3 is 0 Å². The second-order valence-corrected chi connectivity index (χ2v) is 4.19. The number of benzene rings is 1. The van der Waals surface area contributed by atoms with Gasteiger partial charge in [0.2, 0.25) is 0 Å². The van der Waals surface area contributed by atoms with Gasteiger partial charge in [-0.1, -0.05) is 6.92 Å². The molecule has 1 aromatic carbocycles. The van der Waals surface area contributed by atoms with E-state index in [-0.39, 0.29) is 0 Å². The van der Waals surface area contributed by atoms with Crippen LogP contribution in [0.4, 0.5) is 11.4 Å². The molecule has 0 heterocycles. The van der Waals surface area contributed by atoms with Crippen molar-refractivity contribution in [2.75, 3.05) is 17.7 Å². The van der Waals surface area contributed by atoms with E-state index in [4.69, 9.17) is 10.5 Å². The highest BCUT2D eigenvalue weighted by molar-refractivity contribution is 5.60. The van der Waals surface area contributed by atoms with Crippen LogP contribution in [-0.2, 0) is 0 Å². The quantitative estimate of drug-likeness (QED) is 0.744. The molecule has 3 N–H and O–H groups in total. The molecule has 0 spiro atoms. The number of hydrogen-bond donors (Lipinski definition) is 2. The summed E-state index contributed by atoms with van der Waals surface area (Å²) in [4.78, 5) is 0. The molecule has 82 valence electrons. The van der Waals surface area contributed by atoms with Crippen LogP contribution in [0.3, 0.4) is 0 Å². The molecular weight excluding hydrogens is 188 g/mol. The highest BCUT2D eigenvalue weighted by atomic mass is 16.5. The summed E-state index contributed by atoms with van der Waals surface area (Å²) in [6, 6.07) is 6.42. The van der Waals surface area contributed by atoms with Crippen LogP contribution in [0.5, 0.6) is 5.75 Å². The zero-order valence-electron chi connectivity index (χ0n) is 9.29. The first-order chi connectivity index (χ1) is 7.19. The lowest BCUT2D eigenvalue weighted by molar-refractivity contribution is 0.340. The Kier molecular flexibility index (Phi) is 2.71. The monoisotopic (exact) mass is 206 g/mol. The Morgan fingerprint density at radius 3 is 2.80 bits per heavy atom. The van der Waals surface area contributed by atoms with Crippen molar-refractivity contribution in [3.8, 4) is 5.75 Å². The number of nitrogens with one attached hydrogen (secondary N) is 1. The lowest BCUT2D eigenvalue weighted by Gasteiger charge is -2.09. The van der Waals surface area contributed by atoms with Crippen LogP contribution in [0.1, 0.15) is 20.3 Å². The van der Waals surface area contributed by atoms with E-state index in [0.717, 1.165) is 23.0 Å². The predicted molar refractivity (Wildman–Crippen MR) is 63.2 cm³/mol. The van der Waals surface area contributed by atoms with Crippen molar-refractivity contribution in [2.24, 2.45) is 5.92 Å². The molecule has 0 amide bonds. The SMILES string of the molecule is CCOc1cc(N)cc(NC2CC2C)c1. The third-order valence-corrected chi connectivity index (χ3v) is 2.70. The molecular formula is C12H18N2O. The third kappa shape index (κ3) is 2.55. The summed E-state index contributed by atoms with van der Waals surface area (Å²) in [7, 11) is 0. The van der Waals surface area contributed by atoms with Gasteiger partial charge in [0.25, 0.3) is 0 Å². The molecule has 3 heteroatoms. The van der Waals surface area contributed by atoms with Crippen molar-refractivity contribution in [3.05, 3.63) is 18.2 Å². The zero-order chi connectivity index (χ0) is 10.8. The maximum Gasteiger partial charge on any atom is 0.123 e. The van der Waals surface area contributed by atoms with Gasteiger partial charge in [0, 0.05) is 29.5 Å². The lowest BCUT2D eigenvalue weighted by Crippen LogP contribution is -2.04. The van der Waals surface area contributed by atoms with Gasteiger partial charge in [0.05, 0.1) is 6.61 Å². The Morgan fingerprint density at radius 2 is 2.20 bits per heavy atom. The molecule has 3 nitrogen and oxygen atoms in total. The van der Waals surface area contributed by atoms with E-state index >= 15 is 0 Å². The first kappa shape index (κ1) is 10.1. The van der Waals surface area contributed by atoms with Crippen LogP contribution < -0.4 is 15.8 Å². The van der Waals surface area contributed by atoms with Gasteiger partial charge in [-0.15, -0.1) is 0 Å². The van der Waals surface area contributed by atoms with Crippen LogP contribution in [0.15, 0.2) is 18.2 Å². The van der Waals surface area contributed by atoms with Gasteiger partial charge in [0.15, 0.2) is 0 Å². The molecule has 1 aromatic rings. The van der Waals surface area contributed by atoms with Crippen LogP contribution in [0.25, 0.3) is 0 Å². The second-order valence-electron chi connectivity index (χ2n) is 4.19. The summed E-state index contributed by atoms with van der Waals surface area (Å²) < 4.78 is 5.44. The minimum absolute atomic E-state index is 0.612. The van der Waals surface area contributed by atoms with Gasteiger partial charge in [-0.05, 0) is 25.3 Å². The first-order valence-corrected chi connectivity index (χ1v) is 5.49. The minimum atomic E-state index is 0.612. The Bertz CT molecular complexity index is 351. The average molecular weight is 206 g/mol. The highest BCUT2D eigenvalue weighted by Crippen LogP contribution is 2.34. The largest absolute Gasteiger partial charge is 0.494 e. The number of nitrogens with two attached hydrogens (primary N) is 1. The summed E-state index contributed by atoms with van der Waals surface area (Å²) in [5.41, 5.74) is 7.61. The van der Waals surface area contributed by atoms with Crippen molar-refractivity contribution in [3.63, 3.8) is 0 Å². The van der Waals surface area contributed by atoms with Crippen molar-refractivity contribution in [1.29, 1.82) is 0 Å². The van der Waals surface area contributed by atoms with Crippen molar-refractivity contribution >= 4 is 11.4 Å². The van der Waals surface area contributed by atoms with Gasteiger partial charge in [-0.25, -0.2) is 0 Å². The van der Waals surface area contributed by atoms with Crippen molar-refractivity contribution in [2.45, 2.75) is 26.3 Å². The van der Waals surface area contributed by atoms with Crippen molar-refractivity contribution < 1.29 is 4.74 Å². The fraction of sp³-hybridized carbons (Fsp3) is 0.500. The predicted octanol–water partition coefficient (Wildman–Crippen LogP) is 2.49. The van der Waals surface area contributed by atoms with Crippen LogP contribution in [0.2, 0.25) is 0 Å². The number of anilines is 2. The Morgan fingerprint density at radius 1 is 1.47 bits per heavy atom. The van der Waals surface area contributed by atoms with E-state index in [9.17, 15) is 0 Å². The number of rotatable bonds is 4. The number of ether oxygens (including phenoxy) is 1. The summed E-state index contributed by atoms with van der Waals surface area (Å²) in [5, 5.41) is 3.45. The summed E-state index contributed by atoms with van der Waals surface area (Å²) in [5.74, 6) is 1.62. The minimum Gasteiger partial charge on any atom is -0.494 e. The normalized spacial score (nSPS) is 23.6. The summed E-state index contributed by atoms with van der Waals surface area (Å²) in [6.07, 6.45) is 1.25. The summed E-state index contributed by atoms with van der Waals surface area (Å²) >= 11 is 0. The standard InChI is InChI=1S/C12H18N2O/c1-3-15-11-6-9(13)5-10(7-11)14-12-4-8(12)2/h5-8,12,14H,3-4,13H2,1-2H3. The van der Waals surface area contributed by atoms with E-state index in [1.165, 1.54) is 6.42 Å². The molecule has 0 aromatic heterocycles. The van der Waals surface area contributed by atoms with Gasteiger partial charge in [-0.2, -0.15) is 0 Å². The second kappa shape index (κ2) is 4.01. The molecule has 1 fully saturated rings. The van der Waals surface area contributed by atoms with Crippen LogP contribution >= 0.6 is 0 Å². The Labute approximate surface area is 90.6 Å². The maximum absolute atomic E-state index is 5.80. The van der Waals surface area contributed by atoms with Gasteiger partial charge < -0.3 is 15.8 Å². The van der Waals surface area contributed by atoms with Crippen LogP contribution in [0, 0.1) is 5.92 Å². The van der Waals surface area contributed by atoms with E-state index in [1.807, 2.05) is 25.1 Å². The van der Waals surface area contributed by atoms with Crippen LogP contribution in [-0.4, -0.2) is 12.6 Å². The third-order valence-electron chi connectivity index (χ3n) is 2.70. The lowest BCUT2D eigenvalue weighted by atomic mass is 10.2. The molecule has 1 saturated carbocycles. The van der Waals surface area contributed by atoms with E-state index in [1.54, 1.807) is 0 Å². The summed E-state index contributed by atoms with van der Waals surface area (Å²) in [6.45, 7) is 4.88. The smallest absolute Gasteiger partial charge is 0.123 e. The molecule has 0 aliphatic heterocycles. The topological polar surface area (TPSA) is 47.3 Å². The fourth-order valence-corrected chi connectivity index (χ4v) is 1.69. The molecule has 0 saturated heterocycles. The van der Waals surface area contributed by atoms with Gasteiger partial charge in [0.1, 0.15) is 5.75 Å². The Hall–Kier alpha value is -1.38. The fourth-order valence-electron chi connectivity index (χ4n) is 1.69. The number of hydrogen-bond acceptors (Lipinski definition) is 3. The first-order valence-electron chi connectivity index (χ1n) is 5.49. The Balaban J connectivity index is 2.08. The molecule has 2 rings (SSSR count). The van der Waals surface area contributed by atoms with Crippen molar-refractivity contribution in [1.82, 2.24) is 0 Å². The molecule has 2 atom stereocenters. The highest BCUT2D eigenvalue weighted by Gasteiger charge is 2.32. The molecule has 0 radical (unpaired) electrons. The van der Waals surface area contributed by atoms with E-state index in [2.05, 4.69) is 12.2 Å².